The lowest BCUT2D eigenvalue weighted by atomic mass is 10.0. The van der Waals surface area contributed by atoms with Gasteiger partial charge in [0.25, 0.3) is 0 Å². The highest BCUT2D eigenvalue weighted by molar-refractivity contribution is 5.76. The van der Waals surface area contributed by atoms with Crippen LogP contribution in [0.5, 0.6) is 0 Å². The van der Waals surface area contributed by atoms with Gasteiger partial charge >= 0.3 is 5.97 Å². The fourth-order valence-corrected chi connectivity index (χ4v) is 10.4. The maximum Gasteiger partial charge on any atom is 0.305 e. The summed E-state index contributed by atoms with van der Waals surface area (Å²) in [5.41, 5.74) is 0. The summed E-state index contributed by atoms with van der Waals surface area (Å²) in [4.78, 5) is 24.5. The van der Waals surface area contributed by atoms with E-state index in [4.69, 9.17) is 4.74 Å². The first-order valence-corrected chi connectivity index (χ1v) is 33.1. The van der Waals surface area contributed by atoms with Crippen molar-refractivity contribution in [2.75, 3.05) is 13.2 Å². The van der Waals surface area contributed by atoms with Gasteiger partial charge in [0, 0.05) is 12.8 Å². The van der Waals surface area contributed by atoms with Crippen molar-refractivity contribution >= 4 is 11.9 Å². The Kier molecular flexibility index (Phi) is 61.4. The lowest BCUT2D eigenvalue weighted by molar-refractivity contribution is -0.143. The zero-order chi connectivity index (χ0) is 52.9. The minimum Gasteiger partial charge on any atom is -0.466 e. The van der Waals surface area contributed by atoms with E-state index in [1.54, 1.807) is 6.08 Å². The predicted molar refractivity (Wildman–Crippen MR) is 320 cm³/mol. The van der Waals surface area contributed by atoms with Gasteiger partial charge in [-0.1, -0.05) is 321 Å². The first kappa shape index (κ1) is 71.3. The van der Waals surface area contributed by atoms with Crippen LogP contribution in [0.2, 0.25) is 0 Å². The van der Waals surface area contributed by atoms with E-state index in [9.17, 15) is 19.8 Å². The number of hydrogen-bond acceptors (Lipinski definition) is 5. The lowest BCUT2D eigenvalue weighted by Crippen LogP contribution is -2.45. The first-order valence-electron chi connectivity index (χ1n) is 33.1. The van der Waals surface area contributed by atoms with Crippen LogP contribution < -0.4 is 5.32 Å². The Morgan fingerprint density at radius 2 is 0.644 bits per heavy atom. The van der Waals surface area contributed by atoms with Crippen LogP contribution in [0.4, 0.5) is 0 Å². The Morgan fingerprint density at radius 1 is 0.370 bits per heavy atom. The van der Waals surface area contributed by atoms with Gasteiger partial charge in [0.1, 0.15) is 0 Å². The van der Waals surface area contributed by atoms with Crippen LogP contribution in [-0.2, 0) is 14.3 Å². The Bertz CT molecular complexity index is 1140. The van der Waals surface area contributed by atoms with Crippen LogP contribution in [0.1, 0.15) is 367 Å². The summed E-state index contributed by atoms with van der Waals surface area (Å²) in [5, 5.41) is 23.0. The van der Waals surface area contributed by atoms with Crippen LogP contribution in [0, 0.1) is 0 Å². The molecule has 0 saturated heterocycles. The highest BCUT2D eigenvalue weighted by Gasteiger charge is 2.18. The summed E-state index contributed by atoms with van der Waals surface area (Å²) in [6.45, 7) is 4.90. The maximum atomic E-state index is 12.4. The molecule has 0 aliphatic rings. The molecule has 0 spiro atoms. The molecule has 6 nitrogen and oxygen atoms in total. The molecule has 0 heterocycles. The van der Waals surface area contributed by atoms with E-state index in [1.165, 1.54) is 302 Å². The third-order valence-electron chi connectivity index (χ3n) is 15.5. The summed E-state index contributed by atoms with van der Waals surface area (Å²) < 4.78 is 5.51. The van der Waals surface area contributed by atoms with Crippen molar-refractivity contribution in [1.82, 2.24) is 5.32 Å². The summed E-state index contributed by atoms with van der Waals surface area (Å²) in [7, 11) is 0. The van der Waals surface area contributed by atoms with Crippen molar-refractivity contribution in [3.8, 4) is 0 Å². The topological polar surface area (TPSA) is 95.9 Å². The number of nitrogens with one attached hydrogen (secondary N) is 1. The fourth-order valence-electron chi connectivity index (χ4n) is 10.4. The average molecular weight is 1030 g/mol. The van der Waals surface area contributed by atoms with Gasteiger partial charge < -0.3 is 20.3 Å². The average Bonchev–Trinajstić information content (AvgIpc) is 3.39. The number of aliphatic hydroxyl groups excluding tert-OH is 2. The summed E-state index contributed by atoms with van der Waals surface area (Å²) in [6.07, 6.45) is 78.3. The van der Waals surface area contributed by atoms with Crippen LogP contribution in [0.15, 0.2) is 24.3 Å². The Hall–Kier alpha value is -1.66. The van der Waals surface area contributed by atoms with Gasteiger partial charge in [0.2, 0.25) is 5.91 Å². The molecule has 2 atom stereocenters. The molecule has 73 heavy (non-hydrogen) atoms. The number of amides is 1. The van der Waals surface area contributed by atoms with Crippen molar-refractivity contribution in [1.29, 1.82) is 0 Å². The third-order valence-corrected chi connectivity index (χ3v) is 15.5. The predicted octanol–water partition coefficient (Wildman–Crippen LogP) is 21.0. The van der Waals surface area contributed by atoms with Crippen molar-refractivity contribution in [2.45, 2.75) is 379 Å². The van der Waals surface area contributed by atoms with E-state index in [1.807, 2.05) is 6.08 Å². The van der Waals surface area contributed by atoms with Crippen LogP contribution in [0.25, 0.3) is 0 Å². The second kappa shape index (κ2) is 62.9. The van der Waals surface area contributed by atoms with Crippen LogP contribution in [-0.4, -0.2) is 47.4 Å². The molecule has 6 heteroatoms. The first-order chi connectivity index (χ1) is 36.0. The summed E-state index contributed by atoms with van der Waals surface area (Å²) in [6, 6.07) is -0.625. The number of rotatable bonds is 62. The number of ether oxygens (including phenoxy) is 1. The molecule has 1 amide bonds. The van der Waals surface area contributed by atoms with E-state index in [0.29, 0.717) is 19.4 Å². The molecule has 0 saturated carbocycles. The molecule has 432 valence electrons. The van der Waals surface area contributed by atoms with E-state index < -0.39 is 12.1 Å². The van der Waals surface area contributed by atoms with Crippen LogP contribution >= 0.6 is 0 Å². The quantitative estimate of drug-likeness (QED) is 0.0320. The van der Waals surface area contributed by atoms with Crippen LogP contribution in [0.3, 0.4) is 0 Å². The third kappa shape index (κ3) is 59.4. The number of hydrogen-bond donors (Lipinski definition) is 3. The molecule has 0 aromatic rings. The molecule has 0 aliphatic carbocycles. The van der Waals surface area contributed by atoms with E-state index in [2.05, 4.69) is 31.3 Å². The maximum absolute atomic E-state index is 12.4. The summed E-state index contributed by atoms with van der Waals surface area (Å²) in [5.74, 6) is -0.0489. The second-order valence-corrected chi connectivity index (χ2v) is 22.8. The molecule has 0 aromatic heterocycles. The number of esters is 1. The van der Waals surface area contributed by atoms with E-state index >= 15 is 0 Å². The van der Waals surface area contributed by atoms with Gasteiger partial charge in [-0.25, -0.2) is 0 Å². The number of allylic oxidation sites excluding steroid dienone is 3. The van der Waals surface area contributed by atoms with Crippen molar-refractivity contribution in [2.24, 2.45) is 0 Å². The number of unbranched alkanes of at least 4 members (excludes halogenated alkanes) is 49. The molecule has 2 unspecified atom stereocenters. The SMILES string of the molecule is CCCCCCCCC/C=C/C(O)C(CO)NC(=O)CCCCCCCCCCCCCC/C=C\CCCCCCCCCCCCCCOC(=O)CCCCCCCCCCCCCCCCCCCCC. The normalized spacial score (nSPS) is 12.7. The lowest BCUT2D eigenvalue weighted by Gasteiger charge is -2.20. The van der Waals surface area contributed by atoms with Gasteiger partial charge in [-0.15, -0.1) is 0 Å². The molecule has 0 rings (SSSR count). The highest BCUT2D eigenvalue weighted by Crippen LogP contribution is 2.18. The molecular formula is C67H129NO5. The Morgan fingerprint density at radius 3 is 0.973 bits per heavy atom. The number of carbonyl (C=O) groups excluding carboxylic acids is 2. The Labute approximate surface area is 456 Å². The molecule has 0 bridgehead atoms. The minimum absolute atomic E-state index is 0.0206. The van der Waals surface area contributed by atoms with Gasteiger partial charge in [0.05, 0.1) is 25.4 Å². The smallest absolute Gasteiger partial charge is 0.305 e. The van der Waals surface area contributed by atoms with Gasteiger partial charge in [0.15, 0.2) is 0 Å². The number of carbonyl (C=O) groups is 2. The van der Waals surface area contributed by atoms with Gasteiger partial charge in [-0.3, -0.25) is 9.59 Å². The van der Waals surface area contributed by atoms with Crippen molar-refractivity contribution in [3.63, 3.8) is 0 Å². The standard InChI is InChI=1S/C67H129NO5/c1-3-5-7-9-11-13-14-15-16-17-28-32-35-38-41-45-49-53-57-61-67(72)73-62-58-54-50-46-42-39-36-33-30-27-25-23-21-19-18-20-22-24-26-29-31-34-37-40-44-48-52-56-60-66(71)68-64(63-69)65(70)59-55-51-47-43-12-10-8-6-4-2/h18-19,55,59,64-65,69-70H,3-17,20-54,56-58,60-63H2,1-2H3,(H,68,71)/b19-18-,59-55+. The molecule has 3 N–H and O–H groups in total. The Balaban J connectivity index is 3.33. The minimum atomic E-state index is -0.842. The molecule has 0 aromatic carbocycles. The van der Waals surface area contributed by atoms with Crippen molar-refractivity contribution in [3.05, 3.63) is 24.3 Å². The van der Waals surface area contributed by atoms with Crippen molar-refractivity contribution < 1.29 is 24.5 Å². The van der Waals surface area contributed by atoms with E-state index in [0.717, 1.165) is 38.5 Å². The zero-order valence-electron chi connectivity index (χ0n) is 49.4. The van der Waals surface area contributed by atoms with Gasteiger partial charge in [-0.05, 0) is 57.8 Å². The fraction of sp³-hybridized carbons (Fsp3) is 0.910. The second-order valence-electron chi connectivity index (χ2n) is 22.8. The number of aliphatic hydroxyl groups is 2. The van der Waals surface area contributed by atoms with Gasteiger partial charge in [-0.2, -0.15) is 0 Å². The monoisotopic (exact) mass is 1030 g/mol. The molecule has 0 aliphatic heterocycles. The highest BCUT2D eigenvalue weighted by atomic mass is 16.5. The largest absolute Gasteiger partial charge is 0.466 e. The molecule has 0 radical (unpaired) electrons. The molecular weight excluding hydrogens is 899 g/mol. The summed E-state index contributed by atoms with van der Waals surface area (Å²) >= 11 is 0. The molecule has 0 fully saturated rings. The van der Waals surface area contributed by atoms with E-state index in [-0.39, 0.29) is 18.5 Å². The zero-order valence-corrected chi connectivity index (χ0v) is 49.4.